The molecular formula is C11H14N2O2S. The average Bonchev–Trinajstić information content (AvgIpc) is 2.30. The summed E-state index contributed by atoms with van der Waals surface area (Å²) in [6.07, 6.45) is 3.64. The van der Waals surface area contributed by atoms with E-state index in [4.69, 9.17) is 10.5 Å². The summed E-state index contributed by atoms with van der Waals surface area (Å²) in [6, 6.07) is 5.55. The summed E-state index contributed by atoms with van der Waals surface area (Å²) in [6.45, 7) is 0. The lowest BCUT2D eigenvalue weighted by Gasteiger charge is -2.11. The van der Waals surface area contributed by atoms with Crippen molar-refractivity contribution in [2.24, 2.45) is 5.92 Å². The highest BCUT2D eigenvalue weighted by molar-refractivity contribution is 7.80. The number of pyridine rings is 1. The predicted molar refractivity (Wildman–Crippen MR) is 65.1 cm³/mol. The van der Waals surface area contributed by atoms with Crippen LogP contribution >= 0.6 is 12.6 Å². The summed E-state index contributed by atoms with van der Waals surface area (Å²) < 4.78 is 0. The Morgan fingerprint density at radius 2 is 2.31 bits per heavy atom. The molecule has 0 saturated heterocycles. The van der Waals surface area contributed by atoms with Crippen LogP contribution in [-0.2, 0) is 4.79 Å². The van der Waals surface area contributed by atoms with Gasteiger partial charge in [-0.3, -0.25) is 9.78 Å². The van der Waals surface area contributed by atoms with E-state index in [9.17, 15) is 4.79 Å². The predicted octanol–water partition coefficient (Wildman–Crippen LogP) is 2.18. The standard InChI is InChI=1S/C11H14N2O2S/c12-7-8(11(14)15)4-5-10(16)9-3-1-2-6-13-9/h1-3,6-8,10,12,16H,4-5H2,(H,14,15). The van der Waals surface area contributed by atoms with Gasteiger partial charge < -0.3 is 10.5 Å². The van der Waals surface area contributed by atoms with Crippen LogP contribution < -0.4 is 0 Å². The number of aliphatic carboxylic acids is 1. The molecule has 1 rings (SSSR count). The first kappa shape index (κ1) is 12.7. The SMILES string of the molecule is N=CC(CCC(S)c1ccccn1)C(=O)O. The van der Waals surface area contributed by atoms with Crippen LogP contribution in [-0.4, -0.2) is 22.3 Å². The molecule has 0 aromatic carbocycles. The van der Waals surface area contributed by atoms with Gasteiger partial charge in [0.25, 0.3) is 0 Å². The third-order valence-electron chi connectivity index (χ3n) is 2.30. The number of hydrogen-bond acceptors (Lipinski definition) is 4. The second kappa shape index (κ2) is 6.27. The molecule has 0 radical (unpaired) electrons. The molecule has 1 aromatic heterocycles. The van der Waals surface area contributed by atoms with Crippen molar-refractivity contribution in [2.45, 2.75) is 18.1 Å². The number of nitrogens with zero attached hydrogens (tertiary/aromatic N) is 1. The third kappa shape index (κ3) is 3.66. The number of hydrogen-bond donors (Lipinski definition) is 3. The minimum absolute atomic E-state index is 0.0806. The van der Waals surface area contributed by atoms with Gasteiger partial charge in [0.1, 0.15) is 0 Å². The molecule has 0 aliphatic carbocycles. The fraction of sp³-hybridized carbons (Fsp3) is 0.364. The number of aromatic nitrogens is 1. The first-order valence-corrected chi connectivity index (χ1v) is 5.49. The number of nitrogens with one attached hydrogen (secondary N) is 1. The normalized spacial score (nSPS) is 14.1. The molecule has 0 aliphatic rings. The number of carbonyl (C=O) groups is 1. The summed E-state index contributed by atoms with van der Waals surface area (Å²) in [5.74, 6) is -1.69. The Hall–Kier alpha value is -1.36. The summed E-state index contributed by atoms with van der Waals surface area (Å²) in [7, 11) is 0. The van der Waals surface area contributed by atoms with E-state index in [-0.39, 0.29) is 5.25 Å². The molecule has 1 heterocycles. The molecule has 0 fully saturated rings. The highest BCUT2D eigenvalue weighted by atomic mass is 32.1. The van der Waals surface area contributed by atoms with Crippen LogP contribution in [0.5, 0.6) is 0 Å². The Morgan fingerprint density at radius 3 is 2.81 bits per heavy atom. The van der Waals surface area contributed by atoms with E-state index in [2.05, 4.69) is 17.6 Å². The van der Waals surface area contributed by atoms with Gasteiger partial charge in [0.05, 0.1) is 11.6 Å². The van der Waals surface area contributed by atoms with Gasteiger partial charge in [0.2, 0.25) is 0 Å². The van der Waals surface area contributed by atoms with Crippen LogP contribution in [0.25, 0.3) is 0 Å². The number of carboxylic acids is 1. The first-order chi connectivity index (χ1) is 7.65. The number of thiol groups is 1. The zero-order valence-corrected chi connectivity index (χ0v) is 9.60. The van der Waals surface area contributed by atoms with Crippen molar-refractivity contribution in [2.75, 3.05) is 0 Å². The van der Waals surface area contributed by atoms with Crippen molar-refractivity contribution in [1.82, 2.24) is 4.98 Å². The van der Waals surface area contributed by atoms with Crippen molar-refractivity contribution in [3.8, 4) is 0 Å². The van der Waals surface area contributed by atoms with Crippen LogP contribution in [0, 0.1) is 11.3 Å². The average molecular weight is 238 g/mol. The Balaban J connectivity index is 2.49. The fourth-order valence-corrected chi connectivity index (χ4v) is 1.64. The van der Waals surface area contributed by atoms with Crippen LogP contribution in [0.3, 0.4) is 0 Å². The van der Waals surface area contributed by atoms with E-state index in [1.165, 1.54) is 0 Å². The third-order valence-corrected chi connectivity index (χ3v) is 2.82. The quantitative estimate of drug-likeness (QED) is 0.525. The van der Waals surface area contributed by atoms with E-state index < -0.39 is 11.9 Å². The van der Waals surface area contributed by atoms with Gasteiger partial charge in [0, 0.05) is 17.7 Å². The Kier molecular flexibility index (Phi) is 4.98. The minimum Gasteiger partial charge on any atom is -0.481 e. The molecule has 2 unspecified atom stereocenters. The molecule has 0 spiro atoms. The summed E-state index contributed by atoms with van der Waals surface area (Å²) in [5, 5.41) is 15.7. The van der Waals surface area contributed by atoms with E-state index in [0.29, 0.717) is 12.8 Å². The van der Waals surface area contributed by atoms with Crippen molar-refractivity contribution in [3.05, 3.63) is 30.1 Å². The smallest absolute Gasteiger partial charge is 0.311 e. The second-order valence-electron chi connectivity index (χ2n) is 3.46. The van der Waals surface area contributed by atoms with E-state index in [0.717, 1.165) is 11.9 Å². The summed E-state index contributed by atoms with van der Waals surface area (Å²) >= 11 is 4.37. The van der Waals surface area contributed by atoms with Crippen molar-refractivity contribution in [3.63, 3.8) is 0 Å². The van der Waals surface area contributed by atoms with E-state index >= 15 is 0 Å². The van der Waals surface area contributed by atoms with Gasteiger partial charge in [-0.1, -0.05) is 6.07 Å². The first-order valence-electron chi connectivity index (χ1n) is 4.97. The molecule has 0 saturated carbocycles. The van der Waals surface area contributed by atoms with Crippen molar-refractivity contribution < 1.29 is 9.90 Å². The van der Waals surface area contributed by atoms with E-state index in [1.54, 1.807) is 6.20 Å². The van der Waals surface area contributed by atoms with Crippen LogP contribution in [0.1, 0.15) is 23.8 Å². The summed E-state index contributed by atoms with van der Waals surface area (Å²) in [4.78, 5) is 14.8. The summed E-state index contributed by atoms with van der Waals surface area (Å²) in [5.41, 5.74) is 0.833. The van der Waals surface area contributed by atoms with Gasteiger partial charge in [-0.15, -0.1) is 0 Å². The van der Waals surface area contributed by atoms with Gasteiger partial charge in [0.15, 0.2) is 0 Å². The van der Waals surface area contributed by atoms with Crippen LogP contribution in [0.2, 0.25) is 0 Å². The number of rotatable bonds is 6. The highest BCUT2D eigenvalue weighted by Crippen LogP contribution is 2.24. The van der Waals surface area contributed by atoms with Gasteiger partial charge >= 0.3 is 5.97 Å². The van der Waals surface area contributed by atoms with Crippen molar-refractivity contribution in [1.29, 1.82) is 5.41 Å². The molecule has 16 heavy (non-hydrogen) atoms. The molecule has 2 N–H and O–H groups in total. The molecule has 0 amide bonds. The zero-order valence-electron chi connectivity index (χ0n) is 8.71. The van der Waals surface area contributed by atoms with Crippen LogP contribution in [0.15, 0.2) is 24.4 Å². The van der Waals surface area contributed by atoms with Gasteiger partial charge in [-0.25, -0.2) is 0 Å². The van der Waals surface area contributed by atoms with E-state index in [1.807, 2.05) is 18.2 Å². The second-order valence-corrected chi connectivity index (χ2v) is 4.08. The van der Waals surface area contributed by atoms with Gasteiger partial charge in [-0.05, 0) is 25.0 Å². The lowest BCUT2D eigenvalue weighted by Crippen LogP contribution is -2.15. The molecule has 2 atom stereocenters. The largest absolute Gasteiger partial charge is 0.481 e. The highest BCUT2D eigenvalue weighted by Gasteiger charge is 2.16. The Bertz CT molecular complexity index is 356. The lowest BCUT2D eigenvalue weighted by atomic mass is 10.0. The zero-order chi connectivity index (χ0) is 12.0. The maximum atomic E-state index is 10.7. The molecule has 4 nitrogen and oxygen atoms in total. The molecular weight excluding hydrogens is 224 g/mol. The lowest BCUT2D eigenvalue weighted by molar-refractivity contribution is -0.139. The maximum Gasteiger partial charge on any atom is 0.311 e. The molecule has 86 valence electrons. The molecule has 5 heteroatoms. The Morgan fingerprint density at radius 1 is 1.56 bits per heavy atom. The maximum absolute atomic E-state index is 10.7. The minimum atomic E-state index is -0.962. The molecule has 0 bridgehead atoms. The topological polar surface area (TPSA) is 74.0 Å². The number of carboxylic acid groups (broad SMARTS) is 1. The molecule has 0 aliphatic heterocycles. The van der Waals surface area contributed by atoms with Gasteiger partial charge in [-0.2, -0.15) is 12.6 Å². The molecule has 1 aromatic rings. The Labute approximate surface area is 99.6 Å². The van der Waals surface area contributed by atoms with Crippen molar-refractivity contribution >= 4 is 24.8 Å². The monoisotopic (exact) mass is 238 g/mol. The van der Waals surface area contributed by atoms with Crippen LogP contribution in [0.4, 0.5) is 0 Å². The fourth-order valence-electron chi connectivity index (χ4n) is 1.34.